The molecule has 3 heterocycles. The summed E-state index contributed by atoms with van der Waals surface area (Å²) in [7, 11) is 0. The van der Waals surface area contributed by atoms with Crippen LogP contribution in [-0.4, -0.2) is 66.0 Å². The molecular weight excluding hydrogens is 342 g/mol. The van der Waals surface area contributed by atoms with Crippen molar-refractivity contribution in [3.05, 3.63) is 35.9 Å². The predicted molar refractivity (Wildman–Crippen MR) is 102 cm³/mol. The van der Waals surface area contributed by atoms with Crippen LogP contribution in [0.1, 0.15) is 37.7 Å². The minimum absolute atomic E-state index is 0.0719. The van der Waals surface area contributed by atoms with E-state index >= 15 is 0 Å². The number of carbonyl (C=O) groups excluding carboxylic acids is 2. The van der Waals surface area contributed by atoms with Crippen molar-refractivity contribution >= 4 is 11.8 Å². The van der Waals surface area contributed by atoms with Gasteiger partial charge in [-0.25, -0.2) is 0 Å². The van der Waals surface area contributed by atoms with Gasteiger partial charge < -0.3 is 19.9 Å². The molecule has 3 aliphatic rings. The van der Waals surface area contributed by atoms with Gasteiger partial charge in [0.1, 0.15) is 0 Å². The van der Waals surface area contributed by atoms with E-state index < -0.39 is 0 Å². The van der Waals surface area contributed by atoms with Crippen LogP contribution in [0.5, 0.6) is 0 Å². The van der Waals surface area contributed by atoms with Gasteiger partial charge in [-0.15, -0.1) is 0 Å². The van der Waals surface area contributed by atoms with Crippen molar-refractivity contribution in [2.75, 3.05) is 26.2 Å². The standard InChI is InChI=1S/C21H29N3O3/c25-20-12-17-6-7-18(22-17)13-24(20)14-21(26)23-10-8-19(9-11-23)27-15-16-4-2-1-3-5-16/h1-5,17-19,22H,6-15H2/t17-,18+/m1/s1. The molecule has 3 aliphatic heterocycles. The van der Waals surface area contributed by atoms with E-state index in [1.807, 2.05) is 23.1 Å². The molecule has 3 fully saturated rings. The molecule has 1 aromatic rings. The first-order chi connectivity index (χ1) is 13.2. The average molecular weight is 371 g/mol. The molecule has 0 aromatic heterocycles. The highest BCUT2D eigenvalue weighted by molar-refractivity contribution is 5.85. The Morgan fingerprint density at radius 3 is 2.59 bits per heavy atom. The lowest BCUT2D eigenvalue weighted by Crippen LogP contribution is -2.48. The highest BCUT2D eigenvalue weighted by Crippen LogP contribution is 2.22. The van der Waals surface area contributed by atoms with Crippen LogP contribution in [0.15, 0.2) is 30.3 Å². The molecule has 6 nitrogen and oxygen atoms in total. The van der Waals surface area contributed by atoms with Crippen LogP contribution < -0.4 is 5.32 Å². The van der Waals surface area contributed by atoms with Gasteiger partial charge in [0.05, 0.1) is 19.3 Å². The molecule has 27 heavy (non-hydrogen) atoms. The fourth-order valence-electron chi connectivity index (χ4n) is 4.39. The smallest absolute Gasteiger partial charge is 0.242 e. The maximum absolute atomic E-state index is 12.7. The number of amides is 2. The SMILES string of the molecule is O=C(CN1C[C@@H]2CC[C@H](CC1=O)N2)N1CCC(OCc2ccccc2)CC1. The van der Waals surface area contributed by atoms with E-state index in [0.29, 0.717) is 44.7 Å². The number of carbonyl (C=O) groups is 2. The second kappa shape index (κ2) is 8.40. The number of hydrogen-bond acceptors (Lipinski definition) is 4. The van der Waals surface area contributed by atoms with Crippen molar-refractivity contribution in [2.45, 2.75) is 56.9 Å². The molecule has 3 saturated heterocycles. The fourth-order valence-corrected chi connectivity index (χ4v) is 4.39. The number of piperidine rings is 1. The summed E-state index contributed by atoms with van der Waals surface area (Å²) in [6.45, 7) is 2.93. The maximum Gasteiger partial charge on any atom is 0.242 e. The summed E-state index contributed by atoms with van der Waals surface area (Å²) in [4.78, 5) is 28.7. The fraction of sp³-hybridized carbons (Fsp3) is 0.619. The van der Waals surface area contributed by atoms with Gasteiger partial charge in [-0.1, -0.05) is 30.3 Å². The Labute approximate surface area is 160 Å². The summed E-state index contributed by atoms with van der Waals surface area (Å²) >= 11 is 0. The van der Waals surface area contributed by atoms with E-state index in [9.17, 15) is 9.59 Å². The minimum Gasteiger partial charge on any atom is -0.373 e. The van der Waals surface area contributed by atoms with Crippen LogP contribution in [0, 0.1) is 0 Å². The molecule has 2 amide bonds. The number of ether oxygens (including phenoxy) is 1. The number of nitrogens with zero attached hydrogens (tertiary/aromatic N) is 2. The Kier molecular flexibility index (Phi) is 5.74. The number of hydrogen-bond donors (Lipinski definition) is 1. The zero-order chi connectivity index (χ0) is 18.6. The van der Waals surface area contributed by atoms with E-state index in [1.165, 1.54) is 5.56 Å². The highest BCUT2D eigenvalue weighted by atomic mass is 16.5. The van der Waals surface area contributed by atoms with Crippen LogP contribution in [0.25, 0.3) is 0 Å². The molecule has 6 heteroatoms. The van der Waals surface area contributed by atoms with E-state index in [1.54, 1.807) is 4.90 Å². The van der Waals surface area contributed by atoms with E-state index in [0.717, 1.165) is 25.7 Å². The van der Waals surface area contributed by atoms with Gasteiger partial charge >= 0.3 is 0 Å². The lowest BCUT2D eigenvalue weighted by Gasteiger charge is -2.34. The monoisotopic (exact) mass is 371 g/mol. The van der Waals surface area contributed by atoms with Crippen molar-refractivity contribution < 1.29 is 14.3 Å². The van der Waals surface area contributed by atoms with Crippen molar-refractivity contribution in [3.8, 4) is 0 Å². The lowest BCUT2D eigenvalue weighted by molar-refractivity contribution is -0.142. The molecule has 1 aromatic carbocycles. The summed E-state index contributed by atoms with van der Waals surface area (Å²) in [6, 6.07) is 10.8. The van der Waals surface area contributed by atoms with E-state index in [2.05, 4.69) is 17.4 Å². The van der Waals surface area contributed by atoms with Crippen LogP contribution >= 0.6 is 0 Å². The average Bonchev–Trinajstić information content (AvgIpc) is 3.07. The Bertz CT molecular complexity index is 658. The normalized spacial score (nSPS) is 26.3. The van der Waals surface area contributed by atoms with Crippen molar-refractivity contribution in [2.24, 2.45) is 0 Å². The second-order valence-corrected chi connectivity index (χ2v) is 7.99. The third kappa shape index (κ3) is 4.68. The third-order valence-corrected chi connectivity index (χ3v) is 6.00. The molecule has 0 spiro atoms. The lowest BCUT2D eigenvalue weighted by atomic mass is 10.1. The molecule has 146 valence electrons. The molecule has 1 N–H and O–H groups in total. The first kappa shape index (κ1) is 18.4. The van der Waals surface area contributed by atoms with Crippen LogP contribution in [0.2, 0.25) is 0 Å². The van der Waals surface area contributed by atoms with E-state index in [4.69, 9.17) is 4.74 Å². The van der Waals surface area contributed by atoms with Crippen LogP contribution in [0.4, 0.5) is 0 Å². The Morgan fingerprint density at radius 2 is 1.81 bits per heavy atom. The highest BCUT2D eigenvalue weighted by Gasteiger charge is 2.35. The molecule has 0 radical (unpaired) electrons. The largest absolute Gasteiger partial charge is 0.373 e. The first-order valence-electron chi connectivity index (χ1n) is 10.1. The van der Waals surface area contributed by atoms with Crippen LogP contribution in [-0.2, 0) is 20.9 Å². The number of fused-ring (bicyclic) bond motifs is 2. The minimum atomic E-state index is 0.0719. The third-order valence-electron chi connectivity index (χ3n) is 6.00. The molecular formula is C21H29N3O3. The van der Waals surface area contributed by atoms with E-state index in [-0.39, 0.29) is 24.5 Å². The summed E-state index contributed by atoms with van der Waals surface area (Å²) in [5.41, 5.74) is 1.18. The quantitative estimate of drug-likeness (QED) is 0.853. The number of benzene rings is 1. The Morgan fingerprint density at radius 1 is 1.07 bits per heavy atom. The first-order valence-corrected chi connectivity index (χ1v) is 10.1. The number of likely N-dealkylation sites (tertiary alicyclic amines) is 2. The topological polar surface area (TPSA) is 61.9 Å². The molecule has 2 bridgehead atoms. The molecule has 0 saturated carbocycles. The summed E-state index contributed by atoms with van der Waals surface area (Å²) in [5, 5.41) is 3.50. The summed E-state index contributed by atoms with van der Waals surface area (Å²) < 4.78 is 6.00. The van der Waals surface area contributed by atoms with Gasteiger partial charge in [0.25, 0.3) is 0 Å². The van der Waals surface area contributed by atoms with Crippen molar-refractivity contribution in [1.29, 1.82) is 0 Å². The molecule has 2 atom stereocenters. The van der Waals surface area contributed by atoms with Gasteiger partial charge in [0, 0.05) is 38.1 Å². The number of rotatable bonds is 5. The van der Waals surface area contributed by atoms with Crippen molar-refractivity contribution in [3.63, 3.8) is 0 Å². The van der Waals surface area contributed by atoms with Crippen molar-refractivity contribution in [1.82, 2.24) is 15.1 Å². The summed E-state index contributed by atoms with van der Waals surface area (Å²) in [5.74, 6) is 0.187. The van der Waals surface area contributed by atoms with Gasteiger partial charge in [-0.05, 0) is 31.2 Å². The molecule has 0 aliphatic carbocycles. The Hall–Kier alpha value is -1.92. The number of nitrogens with one attached hydrogen (secondary N) is 1. The Balaban J connectivity index is 1.22. The molecule has 4 rings (SSSR count). The van der Waals surface area contributed by atoms with Gasteiger partial charge in [-0.3, -0.25) is 9.59 Å². The molecule has 0 unspecified atom stereocenters. The second-order valence-electron chi connectivity index (χ2n) is 7.99. The van der Waals surface area contributed by atoms with Gasteiger partial charge in [-0.2, -0.15) is 0 Å². The van der Waals surface area contributed by atoms with Crippen LogP contribution in [0.3, 0.4) is 0 Å². The summed E-state index contributed by atoms with van der Waals surface area (Å²) in [6.07, 6.45) is 4.63. The maximum atomic E-state index is 12.7. The van der Waals surface area contributed by atoms with Gasteiger partial charge in [0.2, 0.25) is 11.8 Å². The van der Waals surface area contributed by atoms with Gasteiger partial charge in [0.15, 0.2) is 0 Å². The zero-order valence-electron chi connectivity index (χ0n) is 15.8. The zero-order valence-corrected chi connectivity index (χ0v) is 15.8. The predicted octanol–water partition coefficient (Wildman–Crippen LogP) is 1.55.